The Morgan fingerprint density at radius 1 is 1.54 bits per heavy atom. The molecule has 0 spiro atoms. The lowest BCUT2D eigenvalue weighted by Gasteiger charge is -2.05. The normalized spacial score (nSPS) is 19.6. The number of hydrogen-bond donors (Lipinski definition) is 1. The highest BCUT2D eigenvalue weighted by Crippen LogP contribution is 2.33. The van der Waals surface area contributed by atoms with E-state index >= 15 is 0 Å². The van der Waals surface area contributed by atoms with Gasteiger partial charge in [0.15, 0.2) is 0 Å². The van der Waals surface area contributed by atoms with Gasteiger partial charge < -0.3 is 5.73 Å². The minimum Gasteiger partial charge on any atom is -0.324 e. The quantitative estimate of drug-likeness (QED) is 0.752. The molecule has 2 rings (SSSR count). The molecule has 1 aromatic rings. The maximum absolute atomic E-state index is 8.82. The summed E-state index contributed by atoms with van der Waals surface area (Å²) in [4.78, 5) is 0. The minimum atomic E-state index is 0.121. The van der Waals surface area contributed by atoms with E-state index in [1.165, 1.54) is 5.56 Å². The van der Waals surface area contributed by atoms with E-state index in [-0.39, 0.29) is 6.04 Å². The van der Waals surface area contributed by atoms with E-state index in [0.717, 1.165) is 22.9 Å². The standard InChI is InChI=1S/C10H9BrN2/c11-9-4-6-1-2-10(13)8(6)3-7(9)5-12/h3-4,10H,1-2,13H2/t10-/m1/s1. The zero-order valence-electron chi connectivity index (χ0n) is 7.05. The monoisotopic (exact) mass is 236 g/mol. The van der Waals surface area contributed by atoms with Gasteiger partial charge in [-0.2, -0.15) is 5.26 Å². The molecule has 0 saturated carbocycles. The molecule has 0 radical (unpaired) electrons. The summed E-state index contributed by atoms with van der Waals surface area (Å²) in [6, 6.07) is 6.18. The van der Waals surface area contributed by atoms with Crippen molar-refractivity contribution in [3.05, 3.63) is 33.3 Å². The van der Waals surface area contributed by atoms with Crippen LogP contribution < -0.4 is 5.73 Å². The first-order chi connectivity index (χ1) is 6.22. The third kappa shape index (κ3) is 1.37. The third-order valence-electron chi connectivity index (χ3n) is 2.47. The number of hydrogen-bond acceptors (Lipinski definition) is 2. The Balaban J connectivity index is 2.59. The fourth-order valence-corrected chi connectivity index (χ4v) is 2.22. The first-order valence-corrected chi connectivity index (χ1v) is 4.99. The Bertz CT molecular complexity index is 393. The topological polar surface area (TPSA) is 49.8 Å². The summed E-state index contributed by atoms with van der Waals surface area (Å²) in [6.07, 6.45) is 2.03. The highest BCUT2D eigenvalue weighted by molar-refractivity contribution is 9.10. The molecule has 0 fully saturated rings. The van der Waals surface area contributed by atoms with Gasteiger partial charge in [-0.1, -0.05) is 0 Å². The number of fused-ring (bicyclic) bond motifs is 1. The molecule has 66 valence electrons. The van der Waals surface area contributed by atoms with Crippen LogP contribution in [0.15, 0.2) is 16.6 Å². The van der Waals surface area contributed by atoms with Crippen molar-refractivity contribution in [3.63, 3.8) is 0 Å². The van der Waals surface area contributed by atoms with Crippen molar-refractivity contribution < 1.29 is 0 Å². The second-order valence-corrected chi connectivity index (χ2v) is 4.14. The maximum Gasteiger partial charge on any atom is 0.100 e. The predicted molar refractivity (Wildman–Crippen MR) is 54.1 cm³/mol. The van der Waals surface area contributed by atoms with Gasteiger partial charge in [-0.3, -0.25) is 0 Å². The molecule has 1 atom stereocenters. The molecule has 2 nitrogen and oxygen atoms in total. The van der Waals surface area contributed by atoms with Gasteiger partial charge in [0.2, 0.25) is 0 Å². The summed E-state index contributed by atoms with van der Waals surface area (Å²) in [6.45, 7) is 0. The molecular weight excluding hydrogens is 228 g/mol. The van der Waals surface area contributed by atoms with Crippen LogP contribution in [0.25, 0.3) is 0 Å². The number of aryl methyl sites for hydroxylation is 1. The molecule has 0 amide bonds. The van der Waals surface area contributed by atoms with Crippen molar-refractivity contribution in [3.8, 4) is 6.07 Å². The lowest BCUT2D eigenvalue weighted by molar-refractivity contribution is 0.713. The third-order valence-corrected chi connectivity index (χ3v) is 3.13. The number of halogens is 1. The Kier molecular flexibility index (Phi) is 2.10. The molecular formula is C10H9BrN2. The predicted octanol–water partition coefficient (Wildman–Crippen LogP) is 2.27. The Morgan fingerprint density at radius 2 is 2.31 bits per heavy atom. The van der Waals surface area contributed by atoms with Gasteiger partial charge in [-0.25, -0.2) is 0 Å². The second kappa shape index (κ2) is 3.13. The van der Waals surface area contributed by atoms with Gasteiger partial charge in [-0.15, -0.1) is 0 Å². The van der Waals surface area contributed by atoms with Crippen LogP contribution in [0, 0.1) is 11.3 Å². The summed E-state index contributed by atoms with van der Waals surface area (Å²) in [5.74, 6) is 0. The van der Waals surface area contributed by atoms with Crippen LogP contribution in [0.4, 0.5) is 0 Å². The second-order valence-electron chi connectivity index (χ2n) is 3.29. The van der Waals surface area contributed by atoms with Crippen molar-refractivity contribution in [1.29, 1.82) is 5.26 Å². The van der Waals surface area contributed by atoms with E-state index < -0.39 is 0 Å². The van der Waals surface area contributed by atoms with E-state index in [9.17, 15) is 0 Å². The van der Waals surface area contributed by atoms with Crippen molar-refractivity contribution in [2.24, 2.45) is 5.73 Å². The number of rotatable bonds is 0. The molecule has 13 heavy (non-hydrogen) atoms. The molecule has 0 saturated heterocycles. The number of nitrogens with zero attached hydrogens (tertiary/aromatic N) is 1. The highest BCUT2D eigenvalue weighted by Gasteiger charge is 2.20. The van der Waals surface area contributed by atoms with Crippen LogP contribution in [0.2, 0.25) is 0 Å². The molecule has 1 aliphatic rings. The van der Waals surface area contributed by atoms with E-state index in [1.54, 1.807) is 0 Å². The van der Waals surface area contributed by atoms with Crippen LogP contribution in [-0.4, -0.2) is 0 Å². The molecule has 1 aliphatic carbocycles. The van der Waals surface area contributed by atoms with Crippen LogP contribution in [0.5, 0.6) is 0 Å². The Labute approximate surface area is 85.5 Å². The smallest absolute Gasteiger partial charge is 0.100 e. The van der Waals surface area contributed by atoms with Crippen molar-refractivity contribution in [1.82, 2.24) is 0 Å². The average molecular weight is 237 g/mol. The van der Waals surface area contributed by atoms with Crippen LogP contribution in [0.3, 0.4) is 0 Å². The van der Waals surface area contributed by atoms with Gasteiger partial charge in [0.05, 0.1) is 5.56 Å². The first-order valence-electron chi connectivity index (χ1n) is 4.20. The molecule has 0 heterocycles. The fraction of sp³-hybridized carbons (Fsp3) is 0.300. The maximum atomic E-state index is 8.82. The van der Waals surface area contributed by atoms with E-state index in [4.69, 9.17) is 11.0 Å². The zero-order chi connectivity index (χ0) is 9.42. The Hall–Kier alpha value is -0.850. The molecule has 0 aromatic heterocycles. The van der Waals surface area contributed by atoms with E-state index in [2.05, 4.69) is 22.0 Å². The van der Waals surface area contributed by atoms with E-state index in [0.29, 0.717) is 5.56 Å². The summed E-state index contributed by atoms with van der Waals surface area (Å²) in [5.41, 5.74) is 8.99. The summed E-state index contributed by atoms with van der Waals surface area (Å²) in [5, 5.41) is 8.82. The van der Waals surface area contributed by atoms with Crippen molar-refractivity contribution in [2.45, 2.75) is 18.9 Å². The van der Waals surface area contributed by atoms with Crippen LogP contribution in [0.1, 0.15) is 29.2 Å². The molecule has 3 heteroatoms. The fourth-order valence-electron chi connectivity index (χ4n) is 1.75. The SMILES string of the molecule is N#Cc1cc2c(cc1Br)CC[C@H]2N. The van der Waals surface area contributed by atoms with Crippen molar-refractivity contribution in [2.75, 3.05) is 0 Å². The van der Waals surface area contributed by atoms with Crippen LogP contribution in [-0.2, 0) is 6.42 Å². The molecule has 1 aromatic carbocycles. The van der Waals surface area contributed by atoms with Gasteiger partial charge in [-0.05, 0) is 52.0 Å². The summed E-state index contributed by atoms with van der Waals surface area (Å²) >= 11 is 3.37. The van der Waals surface area contributed by atoms with Gasteiger partial charge in [0.1, 0.15) is 6.07 Å². The molecule has 0 bridgehead atoms. The minimum absolute atomic E-state index is 0.121. The number of nitrogens with two attached hydrogens (primary N) is 1. The van der Waals surface area contributed by atoms with Crippen molar-refractivity contribution >= 4 is 15.9 Å². The largest absolute Gasteiger partial charge is 0.324 e. The number of benzene rings is 1. The molecule has 0 aliphatic heterocycles. The average Bonchev–Trinajstić information content (AvgIpc) is 2.46. The van der Waals surface area contributed by atoms with Gasteiger partial charge >= 0.3 is 0 Å². The van der Waals surface area contributed by atoms with Crippen LogP contribution >= 0.6 is 15.9 Å². The van der Waals surface area contributed by atoms with Gasteiger partial charge in [0, 0.05) is 10.5 Å². The molecule has 2 N–H and O–H groups in total. The lowest BCUT2D eigenvalue weighted by atomic mass is 10.1. The highest BCUT2D eigenvalue weighted by atomic mass is 79.9. The first kappa shape index (κ1) is 8.74. The Morgan fingerprint density at radius 3 is 3.00 bits per heavy atom. The van der Waals surface area contributed by atoms with E-state index in [1.807, 2.05) is 12.1 Å². The molecule has 0 unspecified atom stereocenters. The zero-order valence-corrected chi connectivity index (χ0v) is 8.63. The number of nitriles is 1. The summed E-state index contributed by atoms with van der Waals surface area (Å²) < 4.78 is 0.878. The summed E-state index contributed by atoms with van der Waals surface area (Å²) in [7, 11) is 0. The van der Waals surface area contributed by atoms with Gasteiger partial charge in [0.25, 0.3) is 0 Å². The lowest BCUT2D eigenvalue weighted by Crippen LogP contribution is -2.05.